The molecule has 0 fully saturated rings. The van der Waals surface area contributed by atoms with Gasteiger partial charge in [-0.2, -0.15) is 0 Å². The molecule has 0 bridgehead atoms. The van der Waals surface area contributed by atoms with Crippen LogP contribution in [0.1, 0.15) is 46.1 Å². The normalized spacial score (nSPS) is 14.6. The van der Waals surface area contributed by atoms with Crippen LogP contribution in [0.15, 0.2) is 30.3 Å². The predicted molar refractivity (Wildman–Crippen MR) is 140 cm³/mol. The first-order chi connectivity index (χ1) is 17.9. The molecule has 1 amide bonds. The van der Waals surface area contributed by atoms with E-state index in [1.54, 1.807) is 45.0 Å². The third kappa shape index (κ3) is 13.0. The number of esters is 2. The summed E-state index contributed by atoms with van der Waals surface area (Å²) in [7, 11) is -7.72. The van der Waals surface area contributed by atoms with E-state index >= 15 is 0 Å². The highest BCUT2D eigenvalue weighted by Crippen LogP contribution is 2.56. The molecule has 0 radical (unpaired) electrons. The van der Waals surface area contributed by atoms with Gasteiger partial charge in [0, 0.05) is 18.7 Å². The number of nitrogens with one attached hydrogen (secondary N) is 1. The minimum absolute atomic E-state index is 0.0153. The van der Waals surface area contributed by atoms with Gasteiger partial charge in [-0.3, -0.25) is 24.0 Å². The van der Waals surface area contributed by atoms with Crippen LogP contribution in [-0.4, -0.2) is 68.0 Å². The summed E-state index contributed by atoms with van der Waals surface area (Å²) in [6.45, 7) is 6.00. The molecule has 0 aromatic heterocycles. The average Bonchev–Trinajstić information content (AvgIpc) is 2.83. The van der Waals surface area contributed by atoms with Gasteiger partial charge in [-0.25, -0.2) is 4.79 Å². The molecular formula is C24H39NO11P2. The molecule has 1 aromatic rings. The number of ether oxygens (including phenoxy) is 3. The lowest BCUT2D eigenvalue weighted by molar-refractivity contribution is -0.152. The summed E-state index contributed by atoms with van der Waals surface area (Å²) in [6, 6.07) is 9.03. The van der Waals surface area contributed by atoms with Crippen LogP contribution in [-0.2, 0) is 48.6 Å². The Hall–Kier alpha value is -2.23. The molecule has 1 rings (SSSR count). The molecule has 14 heteroatoms. The smallest absolute Gasteiger partial charge is 0.410 e. The Morgan fingerprint density at radius 2 is 1.55 bits per heavy atom. The van der Waals surface area contributed by atoms with Crippen molar-refractivity contribution < 1.29 is 51.7 Å². The van der Waals surface area contributed by atoms with Gasteiger partial charge >= 0.3 is 25.6 Å². The number of carbonyl (C=O) groups excluding carboxylic acids is 3. The number of amides is 1. The molecule has 0 saturated carbocycles. The second-order valence-electron chi connectivity index (χ2n) is 8.62. The molecule has 38 heavy (non-hydrogen) atoms. The van der Waals surface area contributed by atoms with Crippen molar-refractivity contribution in [3.63, 3.8) is 0 Å². The lowest BCUT2D eigenvalue weighted by Crippen LogP contribution is -2.38. The van der Waals surface area contributed by atoms with E-state index in [1.165, 1.54) is 6.92 Å². The van der Waals surface area contributed by atoms with E-state index in [-0.39, 0.29) is 45.4 Å². The maximum Gasteiger partial charge on any atom is 0.410 e. The third-order valence-electron chi connectivity index (χ3n) is 5.11. The number of carbonyl (C=O) groups is 3. The molecule has 1 aromatic carbocycles. The minimum Gasteiger partial charge on any atom is -0.466 e. The van der Waals surface area contributed by atoms with Gasteiger partial charge in [0.05, 0.1) is 31.4 Å². The second kappa shape index (κ2) is 16.7. The van der Waals surface area contributed by atoms with Crippen LogP contribution in [0.3, 0.4) is 0 Å². The van der Waals surface area contributed by atoms with Gasteiger partial charge in [0.1, 0.15) is 6.61 Å². The van der Waals surface area contributed by atoms with E-state index in [0.717, 1.165) is 5.56 Å². The van der Waals surface area contributed by atoms with Gasteiger partial charge in [-0.1, -0.05) is 30.3 Å². The van der Waals surface area contributed by atoms with E-state index in [9.17, 15) is 28.4 Å². The zero-order valence-electron chi connectivity index (χ0n) is 22.4. The Labute approximate surface area is 223 Å². The monoisotopic (exact) mass is 579 g/mol. The lowest BCUT2D eigenvalue weighted by atomic mass is 9.96. The summed E-state index contributed by atoms with van der Waals surface area (Å²) in [5.74, 6) is -1.49. The molecule has 0 saturated heterocycles. The van der Waals surface area contributed by atoms with E-state index in [0.29, 0.717) is 0 Å². The molecule has 0 aliphatic heterocycles. The fraction of sp³-hybridized carbons (Fsp3) is 0.625. The van der Waals surface area contributed by atoms with Gasteiger partial charge in [0.2, 0.25) is 7.37 Å². The van der Waals surface area contributed by atoms with E-state index in [1.807, 2.05) is 6.07 Å². The first kappa shape index (κ1) is 33.8. The van der Waals surface area contributed by atoms with Crippen LogP contribution in [0, 0.1) is 5.41 Å². The minimum atomic E-state index is -3.98. The van der Waals surface area contributed by atoms with Crippen molar-refractivity contribution in [3.05, 3.63) is 35.9 Å². The largest absolute Gasteiger partial charge is 0.466 e. The predicted octanol–water partition coefficient (Wildman–Crippen LogP) is 4.30. The number of benzene rings is 1. The second-order valence-corrected chi connectivity index (χ2v) is 13.1. The number of hydrogen-bond donors (Lipinski definition) is 2. The van der Waals surface area contributed by atoms with E-state index < -0.39 is 57.5 Å². The van der Waals surface area contributed by atoms with Gasteiger partial charge in [0.25, 0.3) is 0 Å². The van der Waals surface area contributed by atoms with Gasteiger partial charge < -0.3 is 28.2 Å². The number of alkyl carbamates (subject to hydrolysis) is 1. The SMILES string of the molecule is CCOC(=O)[C@@](C)(CP(=O)(O)CCCC(=O)OCNC(=O)OCc1ccccc1)CP(=O)(OCC)OCC. The standard InChI is InChI=1S/C24H39NO11P2/c1-5-32-22(27)24(4,18-38(31,35-6-2)36-7-3)17-37(29,30)15-11-14-21(26)34-19-25-23(28)33-16-20-12-9-8-10-13-20/h8-10,12-13H,5-7,11,14-19H2,1-4H3,(H,25,28)(H,29,30)/t24-/m0/s1. The van der Waals surface area contributed by atoms with Crippen LogP contribution >= 0.6 is 15.0 Å². The molecule has 0 aliphatic rings. The molecule has 2 N–H and O–H groups in total. The molecule has 0 spiro atoms. The lowest BCUT2D eigenvalue weighted by Gasteiger charge is -2.31. The highest BCUT2D eigenvalue weighted by molar-refractivity contribution is 7.58. The molecular weight excluding hydrogens is 540 g/mol. The molecule has 0 aliphatic carbocycles. The Bertz CT molecular complexity index is 979. The first-order valence-electron chi connectivity index (χ1n) is 12.3. The summed E-state index contributed by atoms with van der Waals surface area (Å²) >= 11 is 0. The van der Waals surface area contributed by atoms with Crippen LogP contribution in [0.5, 0.6) is 0 Å². The van der Waals surface area contributed by atoms with Crippen molar-refractivity contribution >= 4 is 33.0 Å². The van der Waals surface area contributed by atoms with Crippen LogP contribution in [0.4, 0.5) is 4.79 Å². The zero-order valence-corrected chi connectivity index (χ0v) is 24.2. The third-order valence-corrected chi connectivity index (χ3v) is 9.70. The summed E-state index contributed by atoms with van der Waals surface area (Å²) in [5.41, 5.74) is -0.823. The topological polar surface area (TPSA) is 164 Å². The van der Waals surface area contributed by atoms with Gasteiger partial charge in [-0.15, -0.1) is 0 Å². The van der Waals surface area contributed by atoms with E-state index in [4.69, 9.17) is 23.3 Å². The first-order valence-corrected chi connectivity index (χ1v) is 16.1. The summed E-state index contributed by atoms with van der Waals surface area (Å²) in [5, 5.41) is 2.28. The fourth-order valence-corrected chi connectivity index (χ4v) is 8.01. The molecule has 0 heterocycles. The summed E-state index contributed by atoms with van der Waals surface area (Å²) in [6.07, 6.45) is -2.24. The quantitative estimate of drug-likeness (QED) is 0.110. The fourth-order valence-electron chi connectivity index (χ4n) is 3.55. The summed E-state index contributed by atoms with van der Waals surface area (Å²) in [4.78, 5) is 47.0. The maximum absolute atomic E-state index is 13.1. The molecule has 12 nitrogen and oxygen atoms in total. The van der Waals surface area contributed by atoms with Crippen molar-refractivity contribution in [1.82, 2.24) is 5.32 Å². The zero-order chi connectivity index (χ0) is 28.7. The van der Waals surface area contributed by atoms with Crippen LogP contribution in [0.2, 0.25) is 0 Å². The van der Waals surface area contributed by atoms with Crippen molar-refractivity contribution in [2.45, 2.75) is 47.1 Å². The van der Waals surface area contributed by atoms with Crippen molar-refractivity contribution in [3.8, 4) is 0 Å². The van der Waals surface area contributed by atoms with Gasteiger partial charge in [-0.05, 0) is 39.7 Å². The Balaban J connectivity index is 2.57. The van der Waals surface area contributed by atoms with Crippen LogP contribution < -0.4 is 5.32 Å². The summed E-state index contributed by atoms with van der Waals surface area (Å²) < 4.78 is 51.5. The highest BCUT2D eigenvalue weighted by Gasteiger charge is 2.47. The highest BCUT2D eigenvalue weighted by atomic mass is 31.2. The molecule has 2 atom stereocenters. The Morgan fingerprint density at radius 1 is 0.921 bits per heavy atom. The van der Waals surface area contributed by atoms with Crippen LogP contribution in [0.25, 0.3) is 0 Å². The number of rotatable bonds is 18. The average molecular weight is 580 g/mol. The Kier molecular flexibility index (Phi) is 14.8. The van der Waals surface area contributed by atoms with Crippen molar-refractivity contribution in [1.29, 1.82) is 0 Å². The molecule has 1 unspecified atom stereocenters. The van der Waals surface area contributed by atoms with Crippen molar-refractivity contribution in [2.24, 2.45) is 5.41 Å². The van der Waals surface area contributed by atoms with Gasteiger partial charge in [0.15, 0.2) is 6.73 Å². The maximum atomic E-state index is 13.1. The Morgan fingerprint density at radius 3 is 2.13 bits per heavy atom. The number of hydrogen-bond acceptors (Lipinski definition) is 10. The van der Waals surface area contributed by atoms with Crippen molar-refractivity contribution in [2.75, 3.05) is 45.0 Å². The van der Waals surface area contributed by atoms with E-state index in [2.05, 4.69) is 5.32 Å². The molecule has 216 valence electrons.